The molecule has 0 heterocycles. The Morgan fingerprint density at radius 1 is 0.900 bits per heavy atom. The summed E-state index contributed by atoms with van der Waals surface area (Å²) in [5.74, 6) is 0.0470. The fourth-order valence-corrected chi connectivity index (χ4v) is 1.62. The summed E-state index contributed by atoms with van der Waals surface area (Å²) >= 11 is 0. The highest BCUT2D eigenvalue weighted by Gasteiger charge is 1.98. The second-order valence-electron chi connectivity index (χ2n) is 4.65. The van der Waals surface area contributed by atoms with Gasteiger partial charge in [-0.05, 0) is 32.6 Å². The van der Waals surface area contributed by atoms with Crippen molar-refractivity contribution in [2.75, 3.05) is 6.54 Å². The third kappa shape index (κ3) is 12.7. The molecule has 1 N–H and O–H groups in total. The number of rotatable bonds is 12. The maximum atomic E-state index is 11.5. The quantitative estimate of drug-likeness (QED) is 0.339. The van der Waals surface area contributed by atoms with E-state index >= 15 is 0 Å². The molecule has 0 aromatic heterocycles. The van der Waals surface area contributed by atoms with E-state index in [2.05, 4.69) is 5.32 Å². The van der Waals surface area contributed by atoms with Gasteiger partial charge in [0.2, 0.25) is 5.91 Å². The highest BCUT2D eigenvalue weighted by Crippen LogP contribution is 2.05. The molecule has 0 fully saturated rings. The average molecular weight is 279 g/mol. The van der Waals surface area contributed by atoms with Crippen molar-refractivity contribution in [3.8, 4) is 0 Å². The lowest BCUT2D eigenvalue weighted by Gasteiger charge is -2.02. The normalized spacial score (nSPS) is 11.6. The number of carbonyl (C=O) groups excluding carboxylic acids is 3. The Morgan fingerprint density at radius 2 is 1.60 bits per heavy atom. The molecule has 0 unspecified atom stereocenters. The number of amides is 1. The molecule has 0 saturated carbocycles. The van der Waals surface area contributed by atoms with Crippen molar-refractivity contribution in [1.82, 2.24) is 5.32 Å². The van der Waals surface area contributed by atoms with E-state index in [1.165, 1.54) is 0 Å². The van der Waals surface area contributed by atoms with E-state index < -0.39 is 0 Å². The van der Waals surface area contributed by atoms with Crippen molar-refractivity contribution >= 4 is 18.5 Å². The first-order chi connectivity index (χ1) is 9.70. The molecular formula is C16H25NO3. The van der Waals surface area contributed by atoms with E-state index in [0.717, 1.165) is 37.4 Å². The molecule has 0 bridgehead atoms. The zero-order valence-electron chi connectivity index (χ0n) is 12.3. The molecule has 0 aliphatic rings. The summed E-state index contributed by atoms with van der Waals surface area (Å²) in [5.41, 5.74) is 1.16. The Bertz CT molecular complexity index is 346. The molecule has 4 heteroatoms. The number of hydrogen-bond donors (Lipinski definition) is 1. The topological polar surface area (TPSA) is 63.2 Å². The van der Waals surface area contributed by atoms with Crippen molar-refractivity contribution in [1.29, 1.82) is 0 Å². The lowest BCUT2D eigenvalue weighted by Crippen LogP contribution is -2.23. The van der Waals surface area contributed by atoms with E-state index in [-0.39, 0.29) is 5.91 Å². The van der Waals surface area contributed by atoms with Crippen LogP contribution in [0.3, 0.4) is 0 Å². The molecule has 1 amide bonds. The summed E-state index contributed by atoms with van der Waals surface area (Å²) in [7, 11) is 0. The van der Waals surface area contributed by atoms with Gasteiger partial charge in [-0.25, -0.2) is 0 Å². The standard InChI is InChI=1S/C16H25NO3/c1-15(10-8-14-19)9-7-11-16(20)17-12-5-3-2-4-6-13-18/h2-3,9,13-14H,4-8,10-12H2,1H3,(H,17,20). The summed E-state index contributed by atoms with van der Waals surface area (Å²) < 4.78 is 0. The van der Waals surface area contributed by atoms with Gasteiger partial charge >= 0.3 is 0 Å². The van der Waals surface area contributed by atoms with Crippen LogP contribution in [0.1, 0.15) is 51.9 Å². The molecule has 0 rings (SSSR count). The van der Waals surface area contributed by atoms with Gasteiger partial charge in [-0.15, -0.1) is 0 Å². The number of unbranched alkanes of at least 4 members (excludes halogenated alkanes) is 1. The third-order valence-electron chi connectivity index (χ3n) is 2.77. The highest BCUT2D eigenvalue weighted by molar-refractivity contribution is 5.75. The van der Waals surface area contributed by atoms with Gasteiger partial charge in [0, 0.05) is 25.8 Å². The van der Waals surface area contributed by atoms with E-state index in [1.54, 1.807) is 0 Å². The molecule has 0 aromatic carbocycles. The van der Waals surface area contributed by atoms with Crippen molar-refractivity contribution in [2.45, 2.75) is 51.9 Å². The van der Waals surface area contributed by atoms with Crippen molar-refractivity contribution in [2.24, 2.45) is 0 Å². The molecule has 112 valence electrons. The summed E-state index contributed by atoms with van der Waals surface area (Å²) in [6.45, 7) is 2.61. The first kappa shape index (κ1) is 18.3. The molecule has 0 saturated heterocycles. The van der Waals surface area contributed by atoms with Crippen LogP contribution in [0.15, 0.2) is 23.8 Å². The van der Waals surface area contributed by atoms with Gasteiger partial charge in [0.1, 0.15) is 12.6 Å². The summed E-state index contributed by atoms with van der Waals surface area (Å²) in [6, 6.07) is 0. The SMILES string of the molecule is CC(=CCCC(=O)NCCC=CCCC=O)CCC=O. The number of aldehydes is 2. The molecule has 0 atom stereocenters. The minimum absolute atomic E-state index is 0.0470. The van der Waals surface area contributed by atoms with Crippen LogP contribution < -0.4 is 5.32 Å². The zero-order valence-corrected chi connectivity index (χ0v) is 12.3. The Hall–Kier alpha value is -1.71. The van der Waals surface area contributed by atoms with Gasteiger partial charge in [0.15, 0.2) is 0 Å². The van der Waals surface area contributed by atoms with Gasteiger partial charge in [-0.2, -0.15) is 0 Å². The van der Waals surface area contributed by atoms with Gasteiger partial charge in [0.05, 0.1) is 0 Å². The Morgan fingerprint density at radius 3 is 2.30 bits per heavy atom. The van der Waals surface area contributed by atoms with Crippen LogP contribution in [0.25, 0.3) is 0 Å². The van der Waals surface area contributed by atoms with Crippen LogP contribution in [-0.4, -0.2) is 25.0 Å². The summed E-state index contributed by atoms with van der Waals surface area (Å²) in [5, 5.41) is 2.85. The number of carbonyl (C=O) groups is 3. The van der Waals surface area contributed by atoms with Gasteiger partial charge in [-0.3, -0.25) is 4.79 Å². The zero-order chi connectivity index (χ0) is 15.1. The maximum Gasteiger partial charge on any atom is 0.220 e. The lowest BCUT2D eigenvalue weighted by molar-refractivity contribution is -0.121. The van der Waals surface area contributed by atoms with E-state index in [0.29, 0.717) is 32.2 Å². The third-order valence-corrected chi connectivity index (χ3v) is 2.77. The fourth-order valence-electron chi connectivity index (χ4n) is 1.62. The Labute approximate surface area is 121 Å². The predicted octanol–water partition coefficient (Wildman–Crippen LogP) is 2.73. The molecule has 20 heavy (non-hydrogen) atoms. The molecule has 0 aliphatic carbocycles. The number of allylic oxidation sites excluding steroid dienone is 3. The molecule has 4 nitrogen and oxygen atoms in total. The summed E-state index contributed by atoms with van der Waals surface area (Å²) in [6.07, 6.45) is 12.4. The van der Waals surface area contributed by atoms with Crippen LogP contribution in [-0.2, 0) is 14.4 Å². The minimum atomic E-state index is 0.0470. The minimum Gasteiger partial charge on any atom is -0.356 e. The molecule has 0 aliphatic heterocycles. The van der Waals surface area contributed by atoms with Crippen molar-refractivity contribution < 1.29 is 14.4 Å². The highest BCUT2D eigenvalue weighted by atomic mass is 16.1. The lowest BCUT2D eigenvalue weighted by atomic mass is 10.1. The Kier molecular flexibility index (Phi) is 12.5. The maximum absolute atomic E-state index is 11.5. The Balaban J connectivity index is 3.56. The van der Waals surface area contributed by atoms with Crippen molar-refractivity contribution in [3.05, 3.63) is 23.8 Å². The van der Waals surface area contributed by atoms with Crippen LogP contribution in [0.4, 0.5) is 0 Å². The molecule has 0 radical (unpaired) electrons. The van der Waals surface area contributed by atoms with E-state index in [1.807, 2.05) is 25.2 Å². The van der Waals surface area contributed by atoms with Gasteiger partial charge in [0.25, 0.3) is 0 Å². The molecule has 0 spiro atoms. The average Bonchev–Trinajstić information content (AvgIpc) is 2.44. The van der Waals surface area contributed by atoms with Gasteiger partial charge < -0.3 is 14.9 Å². The molecule has 0 aromatic rings. The van der Waals surface area contributed by atoms with Crippen molar-refractivity contribution in [3.63, 3.8) is 0 Å². The predicted molar refractivity (Wildman–Crippen MR) is 80.4 cm³/mol. The van der Waals surface area contributed by atoms with E-state index in [4.69, 9.17) is 0 Å². The smallest absolute Gasteiger partial charge is 0.220 e. The second-order valence-corrected chi connectivity index (χ2v) is 4.65. The fraction of sp³-hybridized carbons (Fsp3) is 0.562. The monoisotopic (exact) mass is 279 g/mol. The second kappa shape index (κ2) is 13.7. The number of hydrogen-bond acceptors (Lipinski definition) is 3. The summed E-state index contributed by atoms with van der Waals surface area (Å²) in [4.78, 5) is 31.8. The first-order valence-corrected chi connectivity index (χ1v) is 7.15. The molecular weight excluding hydrogens is 254 g/mol. The van der Waals surface area contributed by atoms with Crippen LogP contribution in [0, 0.1) is 0 Å². The van der Waals surface area contributed by atoms with Crippen LogP contribution in [0.2, 0.25) is 0 Å². The van der Waals surface area contributed by atoms with Crippen LogP contribution >= 0.6 is 0 Å². The first-order valence-electron chi connectivity index (χ1n) is 7.15. The van der Waals surface area contributed by atoms with E-state index in [9.17, 15) is 14.4 Å². The van der Waals surface area contributed by atoms with Crippen LogP contribution in [0.5, 0.6) is 0 Å². The number of nitrogens with one attached hydrogen (secondary N) is 1. The largest absolute Gasteiger partial charge is 0.356 e. The van der Waals surface area contributed by atoms with Gasteiger partial charge in [-0.1, -0.05) is 23.8 Å².